The van der Waals surface area contributed by atoms with Crippen LogP contribution in [0, 0.1) is 6.92 Å². The minimum atomic E-state index is -3.29. The lowest BCUT2D eigenvalue weighted by atomic mass is 10.0. The van der Waals surface area contributed by atoms with E-state index in [1.807, 2.05) is 31.2 Å². The summed E-state index contributed by atoms with van der Waals surface area (Å²) in [4.78, 5) is 0. The quantitative estimate of drug-likeness (QED) is 0.853. The van der Waals surface area contributed by atoms with Gasteiger partial charge < -0.3 is 9.47 Å². The van der Waals surface area contributed by atoms with Gasteiger partial charge in [-0.3, -0.25) is 0 Å². The number of aryl methyl sites for hydroxylation is 1. The van der Waals surface area contributed by atoms with Gasteiger partial charge >= 0.3 is 0 Å². The number of benzene rings is 1. The van der Waals surface area contributed by atoms with Gasteiger partial charge in [0.05, 0.1) is 19.0 Å². The van der Waals surface area contributed by atoms with Crippen LogP contribution in [0.25, 0.3) is 0 Å². The third kappa shape index (κ3) is 3.35. The van der Waals surface area contributed by atoms with Gasteiger partial charge in [-0.15, -0.1) is 0 Å². The molecule has 1 spiro atoms. The number of ether oxygens (including phenoxy) is 2. The van der Waals surface area contributed by atoms with Crippen LogP contribution in [-0.2, 0) is 25.2 Å². The van der Waals surface area contributed by atoms with Crippen molar-refractivity contribution in [2.45, 2.75) is 37.7 Å². The molecule has 2 saturated heterocycles. The van der Waals surface area contributed by atoms with E-state index in [-0.39, 0.29) is 5.75 Å². The van der Waals surface area contributed by atoms with E-state index >= 15 is 0 Å². The van der Waals surface area contributed by atoms with Gasteiger partial charge in [-0.05, 0) is 24.5 Å². The Kier molecular flexibility index (Phi) is 4.54. The Morgan fingerprint density at radius 2 is 1.77 bits per heavy atom. The van der Waals surface area contributed by atoms with Crippen molar-refractivity contribution in [3.63, 3.8) is 0 Å². The van der Waals surface area contributed by atoms with E-state index in [4.69, 9.17) is 9.47 Å². The van der Waals surface area contributed by atoms with E-state index in [2.05, 4.69) is 0 Å². The summed E-state index contributed by atoms with van der Waals surface area (Å²) >= 11 is 0. The van der Waals surface area contributed by atoms with Gasteiger partial charge in [0.1, 0.15) is 0 Å². The first-order valence-corrected chi connectivity index (χ1v) is 9.42. The molecule has 22 heavy (non-hydrogen) atoms. The van der Waals surface area contributed by atoms with E-state index in [0.717, 1.165) is 17.5 Å². The van der Waals surface area contributed by atoms with Crippen LogP contribution in [0.2, 0.25) is 0 Å². The van der Waals surface area contributed by atoms with E-state index in [0.29, 0.717) is 39.1 Å². The Hall–Kier alpha value is -0.950. The minimum Gasteiger partial charge on any atom is -0.350 e. The first-order chi connectivity index (χ1) is 10.5. The Labute approximate surface area is 132 Å². The van der Waals surface area contributed by atoms with Crippen molar-refractivity contribution in [2.24, 2.45) is 0 Å². The van der Waals surface area contributed by atoms with E-state index in [9.17, 15) is 8.42 Å². The average Bonchev–Trinajstić information content (AvgIpc) is 2.51. The Balaban J connectivity index is 1.66. The average molecular weight is 325 g/mol. The van der Waals surface area contributed by atoms with Gasteiger partial charge in [-0.2, -0.15) is 0 Å². The molecule has 0 aromatic heterocycles. The second-order valence-electron chi connectivity index (χ2n) is 6.04. The van der Waals surface area contributed by atoms with Crippen LogP contribution < -0.4 is 0 Å². The standard InChI is InChI=1S/C16H23NO4S/c1-14-5-2-3-6-15(14)13-22(18,19)17-9-7-16(8-10-17)20-11-4-12-21-16/h2-3,5-6H,4,7-13H2,1H3. The molecule has 1 aromatic rings. The molecule has 0 bridgehead atoms. The molecule has 0 unspecified atom stereocenters. The lowest BCUT2D eigenvalue weighted by Gasteiger charge is -2.42. The highest BCUT2D eigenvalue weighted by molar-refractivity contribution is 7.88. The van der Waals surface area contributed by atoms with Crippen molar-refractivity contribution in [3.05, 3.63) is 35.4 Å². The molecule has 2 aliphatic heterocycles. The summed E-state index contributed by atoms with van der Waals surface area (Å²) in [5, 5.41) is 0. The summed E-state index contributed by atoms with van der Waals surface area (Å²) in [5.74, 6) is -0.485. The van der Waals surface area contributed by atoms with Crippen molar-refractivity contribution in [3.8, 4) is 0 Å². The zero-order valence-electron chi connectivity index (χ0n) is 13.0. The molecule has 6 heteroatoms. The Morgan fingerprint density at radius 3 is 2.41 bits per heavy atom. The van der Waals surface area contributed by atoms with Crippen LogP contribution in [-0.4, -0.2) is 44.8 Å². The molecule has 2 fully saturated rings. The Bertz CT molecular complexity index is 613. The normalized spacial score (nSPS) is 22.8. The van der Waals surface area contributed by atoms with Gasteiger partial charge in [0.15, 0.2) is 5.79 Å². The van der Waals surface area contributed by atoms with Gasteiger partial charge in [0.25, 0.3) is 0 Å². The van der Waals surface area contributed by atoms with Crippen LogP contribution in [0.1, 0.15) is 30.4 Å². The van der Waals surface area contributed by atoms with Crippen LogP contribution in [0.5, 0.6) is 0 Å². The molecule has 5 nitrogen and oxygen atoms in total. The summed E-state index contributed by atoms with van der Waals surface area (Å²) in [6.07, 6.45) is 2.14. The van der Waals surface area contributed by atoms with Crippen molar-refractivity contribution >= 4 is 10.0 Å². The molecule has 122 valence electrons. The van der Waals surface area contributed by atoms with E-state index in [1.54, 1.807) is 4.31 Å². The lowest BCUT2D eigenvalue weighted by Crippen LogP contribution is -2.51. The van der Waals surface area contributed by atoms with Gasteiger partial charge in [-0.25, -0.2) is 12.7 Å². The smallest absolute Gasteiger partial charge is 0.218 e. The minimum absolute atomic E-state index is 0.0639. The first-order valence-electron chi connectivity index (χ1n) is 7.81. The summed E-state index contributed by atoms with van der Waals surface area (Å²) in [6, 6.07) is 7.63. The summed E-state index contributed by atoms with van der Waals surface area (Å²) < 4.78 is 38.3. The first kappa shape index (κ1) is 15.9. The topological polar surface area (TPSA) is 55.8 Å². The molecule has 3 rings (SSSR count). The molecule has 0 amide bonds. The van der Waals surface area contributed by atoms with Crippen LogP contribution in [0.15, 0.2) is 24.3 Å². The SMILES string of the molecule is Cc1ccccc1CS(=O)(=O)N1CCC2(CC1)OCCCO2. The highest BCUT2D eigenvalue weighted by atomic mass is 32.2. The molecular formula is C16H23NO4S. The zero-order chi connectivity index (χ0) is 15.6. The predicted octanol–water partition coefficient (Wildman–Crippen LogP) is 2.05. The zero-order valence-corrected chi connectivity index (χ0v) is 13.8. The van der Waals surface area contributed by atoms with Crippen molar-refractivity contribution in [1.29, 1.82) is 0 Å². The molecule has 0 N–H and O–H groups in total. The maximum absolute atomic E-state index is 12.6. The van der Waals surface area contributed by atoms with E-state index < -0.39 is 15.8 Å². The summed E-state index contributed by atoms with van der Waals surface area (Å²) in [5.41, 5.74) is 1.88. The second kappa shape index (κ2) is 6.28. The molecule has 0 atom stereocenters. The van der Waals surface area contributed by atoms with Gasteiger partial charge in [-0.1, -0.05) is 24.3 Å². The van der Waals surface area contributed by atoms with E-state index in [1.165, 1.54) is 0 Å². The molecular weight excluding hydrogens is 302 g/mol. The molecule has 2 aliphatic rings. The fourth-order valence-corrected chi connectivity index (χ4v) is 4.71. The number of nitrogens with zero attached hydrogens (tertiary/aromatic N) is 1. The van der Waals surface area contributed by atoms with Crippen LogP contribution in [0.4, 0.5) is 0 Å². The van der Waals surface area contributed by atoms with Crippen molar-refractivity contribution < 1.29 is 17.9 Å². The highest BCUT2D eigenvalue weighted by Crippen LogP contribution is 2.32. The molecule has 0 aliphatic carbocycles. The second-order valence-corrected chi connectivity index (χ2v) is 8.01. The monoisotopic (exact) mass is 325 g/mol. The fraction of sp³-hybridized carbons (Fsp3) is 0.625. The molecule has 2 heterocycles. The molecule has 0 saturated carbocycles. The molecule has 0 radical (unpaired) electrons. The van der Waals surface area contributed by atoms with Crippen molar-refractivity contribution in [2.75, 3.05) is 26.3 Å². The maximum Gasteiger partial charge on any atom is 0.218 e. The molecule has 1 aromatic carbocycles. The fourth-order valence-electron chi connectivity index (χ4n) is 3.07. The predicted molar refractivity (Wildman–Crippen MR) is 83.9 cm³/mol. The number of piperidine rings is 1. The highest BCUT2D eigenvalue weighted by Gasteiger charge is 2.41. The Morgan fingerprint density at radius 1 is 1.14 bits per heavy atom. The largest absolute Gasteiger partial charge is 0.350 e. The summed E-state index contributed by atoms with van der Waals surface area (Å²) in [6.45, 7) is 4.29. The number of hydrogen-bond acceptors (Lipinski definition) is 4. The third-order valence-electron chi connectivity index (χ3n) is 4.50. The summed E-state index contributed by atoms with van der Waals surface area (Å²) in [7, 11) is -3.29. The number of hydrogen-bond donors (Lipinski definition) is 0. The van der Waals surface area contributed by atoms with Crippen molar-refractivity contribution in [1.82, 2.24) is 4.31 Å². The lowest BCUT2D eigenvalue weighted by molar-refractivity contribution is -0.280. The number of rotatable bonds is 3. The van der Waals surface area contributed by atoms with Crippen LogP contribution >= 0.6 is 0 Å². The third-order valence-corrected chi connectivity index (χ3v) is 6.32. The van der Waals surface area contributed by atoms with Gasteiger partial charge in [0.2, 0.25) is 10.0 Å². The maximum atomic E-state index is 12.6. The van der Waals surface area contributed by atoms with Crippen LogP contribution in [0.3, 0.4) is 0 Å². The van der Waals surface area contributed by atoms with Gasteiger partial charge in [0, 0.05) is 25.9 Å². The number of sulfonamides is 1.